The lowest BCUT2D eigenvalue weighted by atomic mass is 10.1. The first-order valence-electron chi connectivity index (χ1n) is 8.77. The molecular weight excluding hydrogens is 316 g/mol. The zero-order valence-electron chi connectivity index (χ0n) is 15.0. The fourth-order valence-corrected chi connectivity index (χ4v) is 3.02. The molecule has 2 heterocycles. The van der Waals surface area contributed by atoms with E-state index >= 15 is 0 Å². The van der Waals surface area contributed by atoms with Crippen LogP contribution < -0.4 is 19.7 Å². The topological polar surface area (TPSA) is 59.5 Å². The van der Waals surface area contributed by atoms with E-state index in [2.05, 4.69) is 26.3 Å². The summed E-state index contributed by atoms with van der Waals surface area (Å²) in [4.78, 5) is 11.2. The van der Waals surface area contributed by atoms with Crippen LogP contribution in [0.1, 0.15) is 24.0 Å². The van der Waals surface area contributed by atoms with Gasteiger partial charge in [-0.05, 0) is 43.5 Å². The minimum atomic E-state index is 0.759. The molecule has 0 aliphatic carbocycles. The summed E-state index contributed by atoms with van der Waals surface area (Å²) in [7, 11) is 3.31. The summed E-state index contributed by atoms with van der Waals surface area (Å²) < 4.78 is 10.6. The molecule has 0 unspecified atom stereocenters. The molecule has 1 aromatic carbocycles. The number of ether oxygens (including phenoxy) is 2. The molecule has 0 spiro atoms. The van der Waals surface area contributed by atoms with Crippen LogP contribution >= 0.6 is 0 Å². The molecule has 1 aromatic heterocycles. The molecule has 1 aliphatic heterocycles. The van der Waals surface area contributed by atoms with Crippen molar-refractivity contribution in [2.75, 3.05) is 38.8 Å². The summed E-state index contributed by atoms with van der Waals surface area (Å²) in [5.74, 6) is 2.38. The van der Waals surface area contributed by atoms with E-state index in [0.717, 1.165) is 55.6 Å². The number of hydrogen-bond acceptors (Lipinski definition) is 6. The molecule has 1 fully saturated rings. The summed E-state index contributed by atoms with van der Waals surface area (Å²) in [6.45, 7) is 3.79. The summed E-state index contributed by atoms with van der Waals surface area (Å²) in [6, 6.07) is 6.03. The smallest absolute Gasteiger partial charge is 0.225 e. The van der Waals surface area contributed by atoms with Crippen molar-refractivity contribution in [3.8, 4) is 11.5 Å². The average molecular weight is 342 g/mol. The van der Waals surface area contributed by atoms with Gasteiger partial charge in [0, 0.05) is 37.6 Å². The van der Waals surface area contributed by atoms with Gasteiger partial charge in [-0.2, -0.15) is 0 Å². The lowest BCUT2D eigenvalue weighted by Crippen LogP contribution is -2.21. The van der Waals surface area contributed by atoms with Crippen LogP contribution in [-0.2, 0) is 13.0 Å². The van der Waals surface area contributed by atoms with Crippen LogP contribution in [0.4, 0.5) is 5.95 Å². The third-order valence-electron chi connectivity index (χ3n) is 4.45. The summed E-state index contributed by atoms with van der Waals surface area (Å²) in [5.41, 5.74) is 2.32. The van der Waals surface area contributed by atoms with Gasteiger partial charge >= 0.3 is 0 Å². The van der Waals surface area contributed by atoms with E-state index in [1.54, 1.807) is 14.2 Å². The normalized spacial score (nSPS) is 13.9. The van der Waals surface area contributed by atoms with E-state index in [4.69, 9.17) is 9.47 Å². The van der Waals surface area contributed by atoms with Crippen molar-refractivity contribution in [2.24, 2.45) is 0 Å². The molecule has 6 nitrogen and oxygen atoms in total. The fraction of sp³-hybridized carbons (Fsp3) is 0.474. The molecule has 1 N–H and O–H groups in total. The average Bonchev–Trinajstić information content (AvgIpc) is 3.20. The van der Waals surface area contributed by atoms with Gasteiger partial charge in [-0.1, -0.05) is 6.07 Å². The molecule has 1 aliphatic rings. The van der Waals surface area contributed by atoms with Crippen LogP contribution in [0.3, 0.4) is 0 Å². The van der Waals surface area contributed by atoms with Crippen molar-refractivity contribution >= 4 is 5.95 Å². The van der Waals surface area contributed by atoms with E-state index in [1.165, 1.54) is 18.4 Å². The zero-order chi connectivity index (χ0) is 17.5. The van der Waals surface area contributed by atoms with Gasteiger partial charge in [0.25, 0.3) is 0 Å². The molecule has 6 heteroatoms. The van der Waals surface area contributed by atoms with Crippen LogP contribution in [0.2, 0.25) is 0 Å². The first kappa shape index (κ1) is 17.5. The predicted octanol–water partition coefficient (Wildman–Crippen LogP) is 2.43. The highest BCUT2D eigenvalue weighted by atomic mass is 16.5. The van der Waals surface area contributed by atoms with Crippen molar-refractivity contribution in [1.29, 1.82) is 0 Å². The van der Waals surface area contributed by atoms with Gasteiger partial charge in [0.2, 0.25) is 5.95 Å². The SMILES string of the molecule is COc1ccc(CCNCc2cnc(N3CCCC3)nc2)cc1OC. The molecule has 1 saturated heterocycles. The second-order valence-corrected chi connectivity index (χ2v) is 6.20. The lowest BCUT2D eigenvalue weighted by Gasteiger charge is -2.14. The quantitative estimate of drug-likeness (QED) is 0.744. The Kier molecular flexibility index (Phi) is 6.06. The second kappa shape index (κ2) is 8.67. The lowest BCUT2D eigenvalue weighted by molar-refractivity contribution is 0.354. The van der Waals surface area contributed by atoms with E-state index < -0.39 is 0 Å². The van der Waals surface area contributed by atoms with Crippen LogP contribution in [0.5, 0.6) is 11.5 Å². The van der Waals surface area contributed by atoms with E-state index in [9.17, 15) is 0 Å². The van der Waals surface area contributed by atoms with Gasteiger partial charge in [-0.25, -0.2) is 9.97 Å². The maximum absolute atomic E-state index is 5.34. The van der Waals surface area contributed by atoms with Crippen molar-refractivity contribution in [3.63, 3.8) is 0 Å². The molecule has 3 rings (SSSR count). The van der Waals surface area contributed by atoms with Gasteiger partial charge in [0.15, 0.2) is 11.5 Å². The zero-order valence-corrected chi connectivity index (χ0v) is 15.0. The molecule has 0 bridgehead atoms. The van der Waals surface area contributed by atoms with Gasteiger partial charge in [-0.3, -0.25) is 0 Å². The summed E-state index contributed by atoms with van der Waals surface area (Å²) in [5, 5.41) is 3.44. The predicted molar refractivity (Wildman–Crippen MR) is 98.4 cm³/mol. The van der Waals surface area contributed by atoms with E-state index in [1.807, 2.05) is 24.5 Å². The van der Waals surface area contributed by atoms with E-state index in [0.29, 0.717) is 0 Å². The molecule has 0 atom stereocenters. The highest BCUT2D eigenvalue weighted by Crippen LogP contribution is 2.27. The Labute approximate surface area is 149 Å². The molecular formula is C19H26N4O2. The Morgan fingerprint density at radius 1 is 1.00 bits per heavy atom. The number of methoxy groups -OCH3 is 2. The Bertz CT molecular complexity index is 670. The number of hydrogen-bond donors (Lipinski definition) is 1. The maximum Gasteiger partial charge on any atom is 0.225 e. The van der Waals surface area contributed by atoms with Crippen molar-refractivity contribution in [3.05, 3.63) is 41.7 Å². The molecule has 134 valence electrons. The summed E-state index contributed by atoms with van der Waals surface area (Å²) >= 11 is 0. The number of benzene rings is 1. The number of nitrogens with zero attached hydrogens (tertiary/aromatic N) is 3. The minimum Gasteiger partial charge on any atom is -0.493 e. The molecule has 0 radical (unpaired) electrons. The van der Waals surface area contributed by atoms with Gasteiger partial charge < -0.3 is 19.7 Å². The van der Waals surface area contributed by atoms with Crippen molar-refractivity contribution in [1.82, 2.24) is 15.3 Å². The highest BCUT2D eigenvalue weighted by Gasteiger charge is 2.14. The number of rotatable bonds is 8. The number of aromatic nitrogens is 2. The van der Waals surface area contributed by atoms with Gasteiger partial charge in [0.1, 0.15) is 0 Å². The molecule has 25 heavy (non-hydrogen) atoms. The highest BCUT2D eigenvalue weighted by molar-refractivity contribution is 5.43. The molecule has 2 aromatic rings. The Balaban J connectivity index is 1.45. The van der Waals surface area contributed by atoms with Crippen molar-refractivity contribution < 1.29 is 9.47 Å². The van der Waals surface area contributed by atoms with Gasteiger partial charge in [-0.15, -0.1) is 0 Å². The van der Waals surface area contributed by atoms with Crippen LogP contribution in [0.15, 0.2) is 30.6 Å². The largest absolute Gasteiger partial charge is 0.493 e. The monoisotopic (exact) mass is 342 g/mol. The van der Waals surface area contributed by atoms with E-state index in [-0.39, 0.29) is 0 Å². The molecule has 0 amide bonds. The first-order chi connectivity index (χ1) is 12.3. The number of anilines is 1. The molecule has 0 saturated carbocycles. The van der Waals surface area contributed by atoms with Gasteiger partial charge in [0.05, 0.1) is 14.2 Å². The Morgan fingerprint density at radius 3 is 2.40 bits per heavy atom. The standard InChI is InChI=1S/C19H26N4O2/c1-24-17-6-5-15(11-18(17)25-2)7-8-20-12-16-13-21-19(22-14-16)23-9-3-4-10-23/h5-6,11,13-14,20H,3-4,7-10,12H2,1-2H3. The third-order valence-corrected chi connectivity index (χ3v) is 4.45. The maximum atomic E-state index is 5.34. The third kappa shape index (κ3) is 4.60. The fourth-order valence-electron chi connectivity index (χ4n) is 3.02. The minimum absolute atomic E-state index is 0.759. The Morgan fingerprint density at radius 2 is 1.72 bits per heavy atom. The first-order valence-corrected chi connectivity index (χ1v) is 8.77. The van der Waals surface area contributed by atoms with Crippen LogP contribution in [-0.4, -0.2) is 43.8 Å². The number of nitrogens with one attached hydrogen (secondary N) is 1. The Hall–Kier alpha value is -2.34. The van der Waals surface area contributed by atoms with Crippen LogP contribution in [0, 0.1) is 0 Å². The second-order valence-electron chi connectivity index (χ2n) is 6.20. The van der Waals surface area contributed by atoms with Crippen molar-refractivity contribution in [2.45, 2.75) is 25.8 Å². The van der Waals surface area contributed by atoms with Crippen LogP contribution in [0.25, 0.3) is 0 Å². The summed E-state index contributed by atoms with van der Waals surface area (Å²) in [6.07, 6.45) is 7.24.